The van der Waals surface area contributed by atoms with Crippen molar-refractivity contribution in [2.45, 2.75) is 25.7 Å². The third kappa shape index (κ3) is 3.64. The summed E-state index contributed by atoms with van der Waals surface area (Å²) in [6.45, 7) is 4.01. The van der Waals surface area contributed by atoms with E-state index in [1.807, 2.05) is 0 Å². The predicted octanol–water partition coefficient (Wildman–Crippen LogP) is 4.53. The Balaban J connectivity index is 1.96. The number of hydrogen-bond donors (Lipinski definition) is 0. The van der Waals surface area contributed by atoms with E-state index in [2.05, 4.69) is 27.5 Å². The van der Waals surface area contributed by atoms with Gasteiger partial charge in [-0.05, 0) is 53.7 Å². The summed E-state index contributed by atoms with van der Waals surface area (Å²) in [4.78, 5) is 30.9. The van der Waals surface area contributed by atoms with Crippen LogP contribution in [0.1, 0.15) is 33.8 Å². The van der Waals surface area contributed by atoms with Gasteiger partial charge in [0.25, 0.3) is 11.6 Å². The van der Waals surface area contributed by atoms with Gasteiger partial charge in [-0.1, -0.05) is 6.08 Å². The molecule has 0 N–H and O–H groups in total. The van der Waals surface area contributed by atoms with Gasteiger partial charge in [0, 0.05) is 23.1 Å². The summed E-state index contributed by atoms with van der Waals surface area (Å²) in [6, 6.07) is 4.38. The summed E-state index contributed by atoms with van der Waals surface area (Å²) in [6.07, 6.45) is 5.82. The van der Waals surface area contributed by atoms with Crippen LogP contribution in [0.2, 0.25) is 0 Å². The minimum absolute atomic E-state index is 0.136. The molecule has 0 spiro atoms. The number of hydrogen-bond acceptors (Lipinski definition) is 5. The van der Waals surface area contributed by atoms with Gasteiger partial charge >= 0.3 is 0 Å². The molecule has 0 atom stereocenters. The Kier molecular flexibility index (Phi) is 5.29. The minimum atomic E-state index is -0.513. The van der Waals surface area contributed by atoms with Crippen LogP contribution in [0.5, 0.6) is 0 Å². The van der Waals surface area contributed by atoms with Crippen molar-refractivity contribution in [3.05, 3.63) is 61.6 Å². The molecule has 8 heteroatoms. The average Bonchev–Trinajstić information content (AvgIpc) is 3.03. The number of amides is 1. The quantitative estimate of drug-likeness (QED) is 0.403. The zero-order chi connectivity index (χ0) is 18.0. The smallest absolute Gasteiger partial charge is 0.280 e. The van der Waals surface area contributed by atoms with E-state index in [4.69, 9.17) is 0 Å². The van der Waals surface area contributed by atoms with E-state index in [9.17, 15) is 14.9 Å². The fourth-order valence-corrected chi connectivity index (χ4v) is 4.32. The predicted molar refractivity (Wildman–Crippen MR) is 101 cm³/mol. The number of fused-ring (bicyclic) bond motifs is 1. The molecule has 1 amide bonds. The summed E-state index contributed by atoms with van der Waals surface area (Å²) in [7, 11) is 0. The largest absolute Gasteiger partial charge is 0.284 e. The molecule has 2 aromatic rings. The molecule has 0 unspecified atom stereocenters. The topological polar surface area (TPSA) is 76.3 Å². The van der Waals surface area contributed by atoms with Crippen LogP contribution < -0.4 is 4.90 Å². The number of anilines is 1. The van der Waals surface area contributed by atoms with Crippen molar-refractivity contribution in [3.63, 3.8) is 0 Å². The summed E-state index contributed by atoms with van der Waals surface area (Å²) >= 11 is 4.66. The molecule has 0 saturated heterocycles. The average molecular weight is 422 g/mol. The monoisotopic (exact) mass is 421 g/mol. The van der Waals surface area contributed by atoms with Crippen LogP contribution in [0, 0.1) is 10.1 Å². The van der Waals surface area contributed by atoms with Crippen molar-refractivity contribution < 1.29 is 9.72 Å². The Hall–Kier alpha value is -2.06. The number of aryl methyl sites for hydroxylation is 2. The summed E-state index contributed by atoms with van der Waals surface area (Å²) in [5.41, 5.74) is 1.18. The number of carbonyl (C=O) groups excluding carboxylic acids is 1. The highest BCUT2D eigenvalue weighted by Crippen LogP contribution is 2.33. The summed E-state index contributed by atoms with van der Waals surface area (Å²) in [5, 5.41) is 11.7. The Morgan fingerprint density at radius 1 is 1.44 bits per heavy atom. The number of halogens is 1. The normalized spacial score (nSPS) is 13.2. The molecular formula is C17H16BrN3O3S. The van der Waals surface area contributed by atoms with Gasteiger partial charge in [0.05, 0.1) is 15.1 Å². The van der Waals surface area contributed by atoms with Crippen molar-refractivity contribution in [1.82, 2.24) is 4.98 Å². The molecule has 0 saturated carbocycles. The van der Waals surface area contributed by atoms with Crippen LogP contribution in [-0.2, 0) is 12.8 Å². The molecule has 1 heterocycles. The molecule has 0 bridgehead atoms. The van der Waals surface area contributed by atoms with E-state index in [1.54, 1.807) is 12.1 Å². The third-order valence-electron chi connectivity index (χ3n) is 4.01. The van der Waals surface area contributed by atoms with E-state index in [-0.39, 0.29) is 17.2 Å². The van der Waals surface area contributed by atoms with Crippen LogP contribution in [0.25, 0.3) is 0 Å². The number of thiazole rings is 1. The van der Waals surface area contributed by atoms with Gasteiger partial charge in [-0.15, -0.1) is 17.9 Å². The lowest BCUT2D eigenvalue weighted by Crippen LogP contribution is -2.31. The summed E-state index contributed by atoms with van der Waals surface area (Å²) < 4.78 is 0.342. The van der Waals surface area contributed by atoms with Gasteiger partial charge in [-0.3, -0.25) is 19.8 Å². The number of nitrogens with zero attached hydrogens (tertiary/aromatic N) is 3. The molecule has 1 aromatic carbocycles. The van der Waals surface area contributed by atoms with Crippen LogP contribution >= 0.6 is 27.3 Å². The maximum Gasteiger partial charge on any atom is 0.284 e. The molecule has 130 valence electrons. The van der Waals surface area contributed by atoms with Crippen molar-refractivity contribution in [2.24, 2.45) is 0 Å². The number of carbonyl (C=O) groups is 1. The highest BCUT2D eigenvalue weighted by atomic mass is 79.9. The van der Waals surface area contributed by atoms with E-state index in [0.717, 1.165) is 31.4 Å². The lowest BCUT2D eigenvalue weighted by atomic mass is 10.0. The lowest BCUT2D eigenvalue weighted by Gasteiger charge is -2.18. The fraction of sp³-hybridized carbons (Fsp3) is 0.294. The zero-order valence-electron chi connectivity index (χ0n) is 13.4. The van der Waals surface area contributed by atoms with Crippen LogP contribution in [0.4, 0.5) is 10.8 Å². The van der Waals surface area contributed by atoms with Gasteiger partial charge in [-0.25, -0.2) is 4.98 Å². The Labute approximate surface area is 157 Å². The minimum Gasteiger partial charge on any atom is -0.280 e. The van der Waals surface area contributed by atoms with E-state index in [0.29, 0.717) is 16.1 Å². The first-order valence-electron chi connectivity index (χ1n) is 7.86. The first-order chi connectivity index (χ1) is 12.0. The van der Waals surface area contributed by atoms with Crippen molar-refractivity contribution >= 4 is 44.0 Å². The van der Waals surface area contributed by atoms with Crippen molar-refractivity contribution in [1.29, 1.82) is 0 Å². The number of aromatic nitrogens is 1. The number of rotatable bonds is 5. The van der Waals surface area contributed by atoms with Gasteiger partial charge in [0.15, 0.2) is 5.13 Å². The Morgan fingerprint density at radius 2 is 2.20 bits per heavy atom. The van der Waals surface area contributed by atoms with Crippen LogP contribution in [0.3, 0.4) is 0 Å². The van der Waals surface area contributed by atoms with Crippen molar-refractivity contribution in [2.75, 3.05) is 11.4 Å². The molecule has 1 aromatic heterocycles. The number of nitro groups is 1. The molecule has 0 fully saturated rings. The summed E-state index contributed by atoms with van der Waals surface area (Å²) in [5.74, 6) is -0.318. The fourth-order valence-electron chi connectivity index (χ4n) is 2.77. The Bertz CT molecular complexity index is 826. The maximum absolute atomic E-state index is 12.9. The van der Waals surface area contributed by atoms with Crippen LogP contribution in [0.15, 0.2) is 35.3 Å². The van der Waals surface area contributed by atoms with Gasteiger partial charge in [0.2, 0.25) is 0 Å². The third-order valence-corrected chi connectivity index (χ3v) is 5.86. The Morgan fingerprint density at radius 3 is 2.88 bits per heavy atom. The second-order valence-electron chi connectivity index (χ2n) is 5.70. The van der Waals surface area contributed by atoms with E-state index in [1.165, 1.54) is 33.2 Å². The molecule has 3 rings (SSSR count). The second kappa shape index (κ2) is 7.45. The second-order valence-corrected chi connectivity index (χ2v) is 7.62. The molecule has 1 aliphatic rings. The molecule has 1 aliphatic carbocycles. The molecule has 25 heavy (non-hydrogen) atoms. The van der Waals surface area contributed by atoms with Crippen molar-refractivity contribution in [3.8, 4) is 0 Å². The highest BCUT2D eigenvalue weighted by Gasteiger charge is 2.25. The standard InChI is InChI=1S/C17H16BrN3O3S/c1-2-9-20(17-19-13-5-3-4-6-15(13)25-17)16(22)11-7-8-12(18)14(10-11)21(23)24/h2,7-8,10H,1,3-6,9H2. The molecule has 0 aliphatic heterocycles. The first kappa shape index (κ1) is 17.8. The van der Waals surface area contributed by atoms with Gasteiger partial charge in [-0.2, -0.15) is 0 Å². The SMILES string of the molecule is C=CCN(C(=O)c1ccc(Br)c([N+](=O)[O-])c1)c1nc2c(s1)CCCC2. The zero-order valence-corrected chi connectivity index (χ0v) is 15.8. The molecule has 0 radical (unpaired) electrons. The molecule has 6 nitrogen and oxygen atoms in total. The molecular weight excluding hydrogens is 406 g/mol. The number of benzene rings is 1. The van der Waals surface area contributed by atoms with E-state index >= 15 is 0 Å². The van der Waals surface area contributed by atoms with Gasteiger partial charge < -0.3 is 0 Å². The van der Waals surface area contributed by atoms with E-state index < -0.39 is 4.92 Å². The number of nitro benzene ring substituents is 1. The first-order valence-corrected chi connectivity index (χ1v) is 9.47. The van der Waals surface area contributed by atoms with Gasteiger partial charge in [0.1, 0.15) is 0 Å². The highest BCUT2D eigenvalue weighted by molar-refractivity contribution is 9.10. The van der Waals surface area contributed by atoms with Crippen LogP contribution in [-0.4, -0.2) is 22.4 Å². The maximum atomic E-state index is 12.9. The lowest BCUT2D eigenvalue weighted by molar-refractivity contribution is -0.385.